The first kappa shape index (κ1) is 22.0. The van der Waals surface area contributed by atoms with Gasteiger partial charge >= 0.3 is 0 Å². The van der Waals surface area contributed by atoms with Crippen LogP contribution in [0.5, 0.6) is 11.5 Å². The topological polar surface area (TPSA) is 102 Å². The van der Waals surface area contributed by atoms with Crippen molar-refractivity contribution in [3.8, 4) is 34.1 Å². The van der Waals surface area contributed by atoms with E-state index in [4.69, 9.17) is 9.47 Å². The number of ether oxygens (including phenoxy) is 2. The monoisotopic (exact) mass is 469 g/mol. The first-order valence-corrected chi connectivity index (χ1v) is 10.7. The van der Waals surface area contributed by atoms with Crippen LogP contribution < -0.4 is 14.8 Å². The number of nitrogens with zero attached hydrogens (tertiary/aromatic N) is 3. The van der Waals surface area contributed by atoms with E-state index in [9.17, 15) is 9.18 Å². The lowest BCUT2D eigenvalue weighted by Gasteiger charge is -2.09. The third-order valence-corrected chi connectivity index (χ3v) is 5.48. The van der Waals surface area contributed by atoms with E-state index in [0.717, 1.165) is 0 Å². The molecule has 35 heavy (non-hydrogen) atoms. The highest BCUT2D eigenvalue weighted by Crippen LogP contribution is 2.32. The summed E-state index contributed by atoms with van der Waals surface area (Å²) in [6.07, 6.45) is 0. The number of aromatic nitrogens is 4. The number of carbonyl (C=O) groups is 1. The number of halogens is 1. The fourth-order valence-corrected chi connectivity index (χ4v) is 3.73. The first-order chi connectivity index (χ1) is 17.1. The van der Waals surface area contributed by atoms with Crippen molar-refractivity contribution in [3.63, 3.8) is 0 Å². The molecule has 0 saturated carbocycles. The third kappa shape index (κ3) is 4.39. The number of fused-ring (bicyclic) bond motifs is 1. The van der Waals surface area contributed by atoms with Gasteiger partial charge in [0, 0.05) is 17.0 Å². The number of amides is 1. The summed E-state index contributed by atoms with van der Waals surface area (Å²) < 4.78 is 24.1. The van der Waals surface area contributed by atoms with Gasteiger partial charge in [0.2, 0.25) is 5.95 Å². The highest BCUT2D eigenvalue weighted by Gasteiger charge is 2.17. The minimum Gasteiger partial charge on any atom is -0.497 e. The van der Waals surface area contributed by atoms with Crippen molar-refractivity contribution in [2.75, 3.05) is 19.5 Å². The minimum atomic E-state index is -0.404. The maximum absolute atomic E-state index is 13.4. The van der Waals surface area contributed by atoms with Gasteiger partial charge in [0.05, 0.1) is 36.6 Å². The molecule has 0 atom stereocenters. The summed E-state index contributed by atoms with van der Waals surface area (Å²) in [5.74, 6) is 0.960. The largest absolute Gasteiger partial charge is 0.497 e. The highest BCUT2D eigenvalue weighted by atomic mass is 19.1. The molecule has 9 heteroatoms. The molecule has 0 aliphatic heterocycles. The number of H-pyrrole nitrogens is 1. The third-order valence-electron chi connectivity index (χ3n) is 5.48. The number of rotatable bonds is 6. The Morgan fingerprint density at radius 2 is 1.74 bits per heavy atom. The summed E-state index contributed by atoms with van der Waals surface area (Å²) in [5, 5.41) is 10.4. The molecule has 174 valence electrons. The number of hydrogen-bond donors (Lipinski definition) is 2. The van der Waals surface area contributed by atoms with Gasteiger partial charge in [-0.3, -0.25) is 15.2 Å². The van der Waals surface area contributed by atoms with Crippen molar-refractivity contribution in [2.24, 2.45) is 0 Å². The van der Waals surface area contributed by atoms with Crippen LogP contribution >= 0.6 is 0 Å². The van der Waals surface area contributed by atoms with Gasteiger partial charge < -0.3 is 9.47 Å². The van der Waals surface area contributed by atoms with Gasteiger partial charge in [-0.1, -0.05) is 18.2 Å². The predicted molar refractivity (Wildman–Crippen MR) is 130 cm³/mol. The fraction of sp³-hybridized carbons (Fsp3) is 0.0769. The molecule has 0 bridgehead atoms. The van der Waals surface area contributed by atoms with Gasteiger partial charge in [-0.25, -0.2) is 9.37 Å². The van der Waals surface area contributed by atoms with Crippen molar-refractivity contribution in [2.45, 2.75) is 0 Å². The molecule has 1 amide bonds. The number of benzene rings is 3. The summed E-state index contributed by atoms with van der Waals surface area (Å²) in [5.41, 5.74) is 2.93. The standard InChI is InChI=1S/C26H20FN5O3/c1-34-17-11-12-19(23(13-17)35-2)24-29-26(32-31-24)30-25(33)20-14-22(15-7-9-16(27)10-8-15)28-21-6-4-3-5-18(20)21/h3-14H,1-2H3,(H2,29,30,31,32,33). The van der Waals surface area contributed by atoms with Gasteiger partial charge in [0.25, 0.3) is 5.91 Å². The van der Waals surface area contributed by atoms with Crippen LogP contribution in [0.15, 0.2) is 72.8 Å². The molecule has 2 N–H and O–H groups in total. The Morgan fingerprint density at radius 3 is 2.51 bits per heavy atom. The SMILES string of the molecule is COc1ccc(-c2nc(NC(=O)c3cc(-c4ccc(F)cc4)nc4ccccc34)n[nH]2)c(OC)c1. The molecule has 0 unspecified atom stereocenters. The molecule has 3 aromatic carbocycles. The van der Waals surface area contributed by atoms with E-state index in [1.54, 1.807) is 50.6 Å². The van der Waals surface area contributed by atoms with Crippen LogP contribution in [0, 0.1) is 5.82 Å². The molecule has 2 heterocycles. The molecule has 0 fully saturated rings. The Morgan fingerprint density at radius 1 is 0.943 bits per heavy atom. The summed E-state index contributed by atoms with van der Waals surface area (Å²) in [6, 6.07) is 20.2. The van der Waals surface area contributed by atoms with Crippen LogP contribution in [-0.2, 0) is 0 Å². The molecule has 0 spiro atoms. The van der Waals surface area contributed by atoms with E-state index < -0.39 is 5.91 Å². The lowest BCUT2D eigenvalue weighted by atomic mass is 10.0. The fourth-order valence-electron chi connectivity index (χ4n) is 3.73. The second-order valence-electron chi connectivity index (χ2n) is 7.61. The molecular formula is C26H20FN5O3. The minimum absolute atomic E-state index is 0.104. The summed E-state index contributed by atoms with van der Waals surface area (Å²) >= 11 is 0. The molecule has 2 aromatic heterocycles. The zero-order valence-corrected chi connectivity index (χ0v) is 18.9. The quantitative estimate of drug-likeness (QED) is 0.359. The van der Waals surface area contributed by atoms with Crippen LogP contribution in [-0.4, -0.2) is 40.3 Å². The lowest BCUT2D eigenvalue weighted by Crippen LogP contribution is -2.14. The Kier molecular flexibility index (Phi) is 5.80. The number of methoxy groups -OCH3 is 2. The van der Waals surface area contributed by atoms with E-state index in [2.05, 4.69) is 25.5 Å². The Bertz CT molecular complexity index is 1530. The average Bonchev–Trinajstić information content (AvgIpc) is 3.36. The maximum atomic E-state index is 13.4. The van der Waals surface area contributed by atoms with Crippen molar-refractivity contribution in [1.29, 1.82) is 0 Å². The maximum Gasteiger partial charge on any atom is 0.258 e. The number of pyridine rings is 1. The molecule has 0 saturated heterocycles. The second kappa shape index (κ2) is 9.22. The number of para-hydroxylation sites is 1. The first-order valence-electron chi connectivity index (χ1n) is 10.7. The van der Waals surface area contributed by atoms with E-state index in [1.807, 2.05) is 24.3 Å². The van der Waals surface area contributed by atoms with Crippen LogP contribution in [0.1, 0.15) is 10.4 Å². The van der Waals surface area contributed by atoms with Crippen molar-refractivity contribution < 1.29 is 18.7 Å². The van der Waals surface area contributed by atoms with E-state index in [-0.39, 0.29) is 11.8 Å². The molecule has 0 aliphatic rings. The van der Waals surface area contributed by atoms with Crippen molar-refractivity contribution >= 4 is 22.8 Å². The van der Waals surface area contributed by atoms with Gasteiger partial charge in [-0.15, -0.1) is 5.10 Å². The Hall–Kier alpha value is -4.79. The van der Waals surface area contributed by atoms with Crippen LogP contribution in [0.4, 0.5) is 10.3 Å². The zero-order chi connectivity index (χ0) is 24.4. The van der Waals surface area contributed by atoms with Gasteiger partial charge in [0.15, 0.2) is 5.82 Å². The van der Waals surface area contributed by atoms with Gasteiger partial charge in [-0.2, -0.15) is 4.98 Å². The normalized spacial score (nSPS) is 10.8. The Balaban J connectivity index is 1.48. The summed E-state index contributed by atoms with van der Waals surface area (Å²) in [6.45, 7) is 0. The van der Waals surface area contributed by atoms with E-state index in [0.29, 0.717) is 50.6 Å². The second-order valence-corrected chi connectivity index (χ2v) is 7.61. The number of carbonyl (C=O) groups excluding carboxylic acids is 1. The highest BCUT2D eigenvalue weighted by molar-refractivity contribution is 6.12. The number of nitrogens with one attached hydrogen (secondary N) is 2. The summed E-state index contributed by atoms with van der Waals surface area (Å²) in [4.78, 5) is 22.3. The van der Waals surface area contributed by atoms with Gasteiger partial charge in [-0.05, 0) is 48.5 Å². The van der Waals surface area contributed by atoms with Crippen molar-refractivity contribution in [1.82, 2.24) is 20.2 Å². The van der Waals surface area contributed by atoms with Crippen LogP contribution in [0.25, 0.3) is 33.5 Å². The van der Waals surface area contributed by atoms with Crippen LogP contribution in [0.3, 0.4) is 0 Å². The number of aromatic amines is 1. The average molecular weight is 469 g/mol. The molecule has 5 rings (SSSR count). The van der Waals surface area contributed by atoms with Crippen LogP contribution in [0.2, 0.25) is 0 Å². The molecule has 0 radical (unpaired) electrons. The van der Waals surface area contributed by atoms with E-state index >= 15 is 0 Å². The zero-order valence-electron chi connectivity index (χ0n) is 18.9. The molecular weight excluding hydrogens is 449 g/mol. The predicted octanol–water partition coefficient (Wildman–Crippen LogP) is 5.10. The Labute approximate surface area is 199 Å². The number of anilines is 1. The molecule has 8 nitrogen and oxygen atoms in total. The lowest BCUT2D eigenvalue weighted by molar-refractivity contribution is 0.102. The summed E-state index contributed by atoms with van der Waals surface area (Å²) in [7, 11) is 3.12. The molecule has 0 aliphatic carbocycles. The number of hydrogen-bond acceptors (Lipinski definition) is 6. The molecule has 5 aromatic rings. The van der Waals surface area contributed by atoms with Gasteiger partial charge in [0.1, 0.15) is 17.3 Å². The van der Waals surface area contributed by atoms with E-state index in [1.165, 1.54) is 12.1 Å². The smallest absolute Gasteiger partial charge is 0.258 e. The van der Waals surface area contributed by atoms with Crippen molar-refractivity contribution in [3.05, 3.63) is 84.2 Å².